The van der Waals surface area contributed by atoms with Gasteiger partial charge in [-0.2, -0.15) is 0 Å². The van der Waals surface area contributed by atoms with Crippen molar-refractivity contribution >= 4 is 11.3 Å². The Bertz CT molecular complexity index is 166. The number of nitrogens with two attached hydrogens (primary N) is 2. The maximum absolute atomic E-state index is 5.39. The van der Waals surface area contributed by atoms with Gasteiger partial charge in [0.05, 0.1) is 11.2 Å². The van der Waals surface area contributed by atoms with Gasteiger partial charge in [-0.3, -0.25) is 0 Å². The minimum atomic E-state index is 0.496. The van der Waals surface area contributed by atoms with Gasteiger partial charge in [0.15, 0.2) is 0 Å². The third-order valence-electron chi connectivity index (χ3n) is 1.10. The molecule has 0 aliphatic rings. The van der Waals surface area contributed by atoms with Gasteiger partial charge in [0.1, 0.15) is 0 Å². The molecular weight excluding hydrogens is 134 g/mol. The zero-order valence-electron chi connectivity index (χ0n) is 5.00. The average Bonchev–Trinajstić information content (AvgIpc) is 2.33. The SMILES string of the molecule is NCc1ncsc1CN. The first-order valence-electron chi connectivity index (χ1n) is 2.70. The summed E-state index contributed by atoms with van der Waals surface area (Å²) in [5, 5.41) is 0. The van der Waals surface area contributed by atoms with Crippen LogP contribution in [0, 0.1) is 0 Å². The highest BCUT2D eigenvalue weighted by molar-refractivity contribution is 7.09. The number of hydrogen-bond acceptors (Lipinski definition) is 4. The summed E-state index contributed by atoms with van der Waals surface area (Å²) in [6, 6.07) is 0. The van der Waals surface area contributed by atoms with E-state index in [1.165, 1.54) is 0 Å². The lowest BCUT2D eigenvalue weighted by atomic mass is 10.4. The first-order chi connectivity index (χ1) is 4.38. The molecular formula is C5H9N3S. The number of aromatic nitrogens is 1. The highest BCUT2D eigenvalue weighted by Gasteiger charge is 1.99. The second-order valence-corrected chi connectivity index (χ2v) is 2.57. The van der Waals surface area contributed by atoms with Crippen LogP contribution in [0.4, 0.5) is 0 Å². The lowest BCUT2D eigenvalue weighted by Crippen LogP contribution is -2.03. The molecule has 0 aliphatic heterocycles. The van der Waals surface area contributed by atoms with E-state index in [2.05, 4.69) is 4.98 Å². The van der Waals surface area contributed by atoms with Crippen molar-refractivity contribution in [1.82, 2.24) is 4.98 Å². The maximum Gasteiger partial charge on any atom is 0.0798 e. The molecule has 1 heterocycles. The molecule has 0 unspecified atom stereocenters. The van der Waals surface area contributed by atoms with Gasteiger partial charge in [0, 0.05) is 18.0 Å². The molecule has 4 heteroatoms. The van der Waals surface area contributed by atoms with E-state index in [0.29, 0.717) is 13.1 Å². The van der Waals surface area contributed by atoms with Gasteiger partial charge in [-0.15, -0.1) is 11.3 Å². The first kappa shape index (κ1) is 6.67. The normalized spacial score (nSPS) is 10.0. The zero-order chi connectivity index (χ0) is 6.69. The van der Waals surface area contributed by atoms with Gasteiger partial charge >= 0.3 is 0 Å². The molecule has 1 aromatic rings. The van der Waals surface area contributed by atoms with Gasteiger partial charge in [-0.1, -0.05) is 0 Å². The smallest absolute Gasteiger partial charge is 0.0798 e. The summed E-state index contributed by atoms with van der Waals surface area (Å²) in [6.07, 6.45) is 0. The topological polar surface area (TPSA) is 64.9 Å². The summed E-state index contributed by atoms with van der Waals surface area (Å²) in [4.78, 5) is 5.11. The Morgan fingerprint density at radius 2 is 2.22 bits per heavy atom. The molecule has 0 radical (unpaired) electrons. The minimum absolute atomic E-state index is 0.496. The van der Waals surface area contributed by atoms with Crippen molar-refractivity contribution in [2.75, 3.05) is 0 Å². The van der Waals surface area contributed by atoms with E-state index in [4.69, 9.17) is 11.5 Å². The van der Waals surface area contributed by atoms with Crippen molar-refractivity contribution in [3.8, 4) is 0 Å². The molecule has 0 saturated carbocycles. The molecule has 3 nitrogen and oxygen atoms in total. The Hall–Kier alpha value is -0.450. The number of hydrogen-bond donors (Lipinski definition) is 2. The molecule has 1 rings (SSSR count). The number of nitrogens with zero attached hydrogens (tertiary/aromatic N) is 1. The van der Waals surface area contributed by atoms with Gasteiger partial charge in [-0.05, 0) is 0 Å². The van der Waals surface area contributed by atoms with Crippen molar-refractivity contribution in [3.63, 3.8) is 0 Å². The van der Waals surface area contributed by atoms with Gasteiger partial charge in [-0.25, -0.2) is 4.98 Å². The van der Waals surface area contributed by atoms with E-state index in [-0.39, 0.29) is 0 Å². The largest absolute Gasteiger partial charge is 0.326 e. The van der Waals surface area contributed by atoms with Crippen LogP contribution in [0.5, 0.6) is 0 Å². The van der Waals surface area contributed by atoms with Crippen LogP contribution in [-0.2, 0) is 13.1 Å². The summed E-state index contributed by atoms with van der Waals surface area (Å²) in [7, 11) is 0. The lowest BCUT2D eigenvalue weighted by Gasteiger charge is -1.91. The van der Waals surface area contributed by atoms with Crippen LogP contribution in [0.3, 0.4) is 0 Å². The predicted molar refractivity (Wildman–Crippen MR) is 37.9 cm³/mol. The fourth-order valence-corrected chi connectivity index (χ4v) is 1.30. The Morgan fingerprint density at radius 3 is 2.67 bits per heavy atom. The van der Waals surface area contributed by atoms with E-state index in [0.717, 1.165) is 10.6 Å². The number of rotatable bonds is 2. The fraction of sp³-hybridized carbons (Fsp3) is 0.400. The second-order valence-electron chi connectivity index (χ2n) is 1.63. The summed E-state index contributed by atoms with van der Waals surface area (Å²) < 4.78 is 0. The van der Waals surface area contributed by atoms with Crippen molar-refractivity contribution in [2.24, 2.45) is 11.5 Å². The standard InChI is InChI=1S/C5H9N3S/c6-1-4-5(2-7)9-3-8-4/h3H,1-2,6-7H2. The van der Waals surface area contributed by atoms with Crippen molar-refractivity contribution in [1.29, 1.82) is 0 Å². The first-order valence-corrected chi connectivity index (χ1v) is 3.57. The van der Waals surface area contributed by atoms with Crippen LogP contribution in [0.15, 0.2) is 5.51 Å². The Kier molecular flexibility index (Phi) is 2.16. The molecule has 0 spiro atoms. The lowest BCUT2D eigenvalue weighted by molar-refractivity contribution is 0.958. The third-order valence-corrected chi connectivity index (χ3v) is 2.00. The Labute approximate surface area is 57.7 Å². The van der Waals surface area contributed by atoms with E-state index in [1.54, 1.807) is 16.8 Å². The van der Waals surface area contributed by atoms with Crippen molar-refractivity contribution in [2.45, 2.75) is 13.1 Å². The molecule has 9 heavy (non-hydrogen) atoms. The molecule has 1 aromatic heterocycles. The molecule has 0 fully saturated rings. The van der Waals surface area contributed by atoms with Gasteiger partial charge in [0.2, 0.25) is 0 Å². The van der Waals surface area contributed by atoms with Crippen LogP contribution >= 0.6 is 11.3 Å². The zero-order valence-corrected chi connectivity index (χ0v) is 5.82. The molecule has 0 bridgehead atoms. The number of thiazole rings is 1. The molecule has 0 saturated heterocycles. The van der Waals surface area contributed by atoms with E-state index in [9.17, 15) is 0 Å². The van der Waals surface area contributed by atoms with E-state index >= 15 is 0 Å². The monoisotopic (exact) mass is 143 g/mol. The van der Waals surface area contributed by atoms with Crippen LogP contribution in [0.1, 0.15) is 10.6 Å². The molecule has 0 aromatic carbocycles. The fourth-order valence-electron chi connectivity index (χ4n) is 0.626. The maximum atomic E-state index is 5.39. The Balaban J connectivity index is 2.85. The molecule has 0 aliphatic carbocycles. The molecule has 4 N–H and O–H groups in total. The molecule has 0 atom stereocenters. The van der Waals surface area contributed by atoms with Crippen LogP contribution in [0.25, 0.3) is 0 Å². The molecule has 50 valence electrons. The van der Waals surface area contributed by atoms with E-state index < -0.39 is 0 Å². The average molecular weight is 143 g/mol. The van der Waals surface area contributed by atoms with Gasteiger partial charge < -0.3 is 11.5 Å². The quantitative estimate of drug-likeness (QED) is 0.615. The third kappa shape index (κ3) is 1.27. The van der Waals surface area contributed by atoms with Crippen molar-refractivity contribution < 1.29 is 0 Å². The summed E-state index contributed by atoms with van der Waals surface area (Å²) >= 11 is 1.56. The summed E-state index contributed by atoms with van der Waals surface area (Å²) in [5.41, 5.74) is 13.4. The van der Waals surface area contributed by atoms with Crippen LogP contribution < -0.4 is 11.5 Å². The highest BCUT2D eigenvalue weighted by atomic mass is 32.1. The molecule has 0 amide bonds. The Morgan fingerprint density at radius 1 is 1.44 bits per heavy atom. The highest BCUT2D eigenvalue weighted by Crippen LogP contribution is 2.10. The van der Waals surface area contributed by atoms with Crippen LogP contribution in [-0.4, -0.2) is 4.98 Å². The second kappa shape index (κ2) is 2.91. The minimum Gasteiger partial charge on any atom is -0.326 e. The summed E-state index contributed by atoms with van der Waals surface area (Å²) in [6.45, 7) is 1.05. The van der Waals surface area contributed by atoms with Crippen LogP contribution in [0.2, 0.25) is 0 Å². The predicted octanol–water partition coefficient (Wildman–Crippen LogP) is 0.0605. The summed E-state index contributed by atoms with van der Waals surface area (Å²) in [5.74, 6) is 0. The van der Waals surface area contributed by atoms with E-state index in [1.807, 2.05) is 0 Å². The van der Waals surface area contributed by atoms with Gasteiger partial charge in [0.25, 0.3) is 0 Å². The van der Waals surface area contributed by atoms with Crippen molar-refractivity contribution in [3.05, 3.63) is 16.1 Å².